The van der Waals surface area contributed by atoms with Gasteiger partial charge in [-0.05, 0) is 82.8 Å². The van der Waals surface area contributed by atoms with Gasteiger partial charge in [0.05, 0.1) is 5.92 Å². The van der Waals surface area contributed by atoms with Gasteiger partial charge >= 0.3 is 6.09 Å². The third kappa shape index (κ3) is 9.28. The summed E-state index contributed by atoms with van der Waals surface area (Å²) in [4.78, 5) is 49.0. The predicted molar refractivity (Wildman–Crippen MR) is 157 cm³/mol. The van der Waals surface area contributed by atoms with Gasteiger partial charge in [0.15, 0.2) is 0 Å². The lowest BCUT2D eigenvalue weighted by atomic mass is 9.81. The first-order valence-electron chi connectivity index (χ1n) is 15.2. The molecule has 0 spiro atoms. The number of likely N-dealkylation sites (tertiary alicyclic amines) is 1. The largest absolute Gasteiger partial charge is 0.444 e. The van der Waals surface area contributed by atoms with Crippen molar-refractivity contribution in [2.24, 2.45) is 23.7 Å². The van der Waals surface area contributed by atoms with Crippen LogP contribution in [0.15, 0.2) is 18.3 Å². The maximum absolute atomic E-state index is 14.1. The second-order valence-corrected chi connectivity index (χ2v) is 13.4. The molecule has 2 heterocycles. The molecule has 1 saturated carbocycles. The van der Waals surface area contributed by atoms with Gasteiger partial charge in [-0.25, -0.2) is 9.78 Å². The number of rotatable bonds is 12. The molecule has 0 aromatic carbocycles. The molecule has 3 atom stereocenters. The van der Waals surface area contributed by atoms with Crippen LogP contribution in [-0.4, -0.2) is 65.6 Å². The van der Waals surface area contributed by atoms with Gasteiger partial charge in [0.1, 0.15) is 17.2 Å². The SMILES string of the molecule is CCOC[C@H](CC(=O)[C@H]1C[C@@H](C(=O)N(c2ccc(C(C)C)cn2)C2CC2)CN(C(=O)OC(C)(C)C)C1)CC(C)C. The number of nitrogens with zero attached hydrogens (tertiary/aromatic N) is 3. The second kappa shape index (κ2) is 13.9. The van der Waals surface area contributed by atoms with Crippen molar-refractivity contribution >= 4 is 23.6 Å². The van der Waals surface area contributed by atoms with Crippen molar-refractivity contribution in [3.63, 3.8) is 0 Å². The Kier molecular flexibility index (Phi) is 11.2. The lowest BCUT2D eigenvalue weighted by molar-refractivity contribution is -0.130. The van der Waals surface area contributed by atoms with Crippen molar-refractivity contribution in [3.05, 3.63) is 23.9 Å². The summed E-state index contributed by atoms with van der Waals surface area (Å²) in [6.07, 6.45) is 4.93. The predicted octanol–water partition coefficient (Wildman–Crippen LogP) is 6.23. The molecule has 1 aliphatic heterocycles. The summed E-state index contributed by atoms with van der Waals surface area (Å²) in [5, 5.41) is 0. The van der Waals surface area contributed by atoms with Crippen molar-refractivity contribution < 1.29 is 23.9 Å². The summed E-state index contributed by atoms with van der Waals surface area (Å²) in [5.74, 6) is 0.648. The monoisotopic (exact) mass is 557 g/mol. The number of hydrogen-bond acceptors (Lipinski definition) is 6. The van der Waals surface area contributed by atoms with E-state index in [1.54, 1.807) is 4.90 Å². The van der Waals surface area contributed by atoms with E-state index in [9.17, 15) is 14.4 Å². The molecule has 8 heteroatoms. The summed E-state index contributed by atoms with van der Waals surface area (Å²) in [5.41, 5.74) is 0.449. The lowest BCUT2D eigenvalue weighted by Crippen LogP contribution is -2.52. The number of aromatic nitrogens is 1. The summed E-state index contributed by atoms with van der Waals surface area (Å²) < 4.78 is 11.4. The molecule has 0 radical (unpaired) electrons. The number of hydrogen-bond donors (Lipinski definition) is 0. The van der Waals surface area contributed by atoms with Crippen molar-refractivity contribution in [1.29, 1.82) is 0 Å². The minimum Gasteiger partial charge on any atom is -0.444 e. The van der Waals surface area contributed by atoms with Crippen molar-refractivity contribution in [1.82, 2.24) is 9.88 Å². The normalized spacial score (nSPS) is 20.5. The number of carbonyl (C=O) groups excluding carboxylic acids is 3. The average Bonchev–Trinajstić information content (AvgIpc) is 3.71. The Hall–Kier alpha value is -2.48. The highest BCUT2D eigenvalue weighted by Crippen LogP contribution is 2.35. The van der Waals surface area contributed by atoms with E-state index >= 15 is 0 Å². The number of carbonyl (C=O) groups is 3. The quantitative estimate of drug-likeness (QED) is 0.303. The number of anilines is 1. The Morgan fingerprint density at radius 2 is 1.75 bits per heavy atom. The van der Waals surface area contributed by atoms with Gasteiger partial charge in [-0.3, -0.25) is 14.5 Å². The molecule has 0 N–H and O–H groups in total. The first kappa shape index (κ1) is 32.0. The summed E-state index contributed by atoms with van der Waals surface area (Å²) in [6, 6.07) is 4.06. The average molecular weight is 558 g/mol. The lowest BCUT2D eigenvalue weighted by Gasteiger charge is -2.39. The van der Waals surface area contributed by atoms with E-state index in [-0.39, 0.29) is 36.7 Å². The van der Waals surface area contributed by atoms with Crippen LogP contribution in [0.3, 0.4) is 0 Å². The first-order chi connectivity index (χ1) is 18.8. The van der Waals surface area contributed by atoms with E-state index in [1.165, 1.54) is 0 Å². The fourth-order valence-corrected chi connectivity index (χ4v) is 5.49. The van der Waals surface area contributed by atoms with E-state index in [1.807, 2.05) is 50.9 Å². The van der Waals surface area contributed by atoms with Gasteiger partial charge in [0.2, 0.25) is 5.91 Å². The maximum Gasteiger partial charge on any atom is 0.410 e. The standard InChI is InChI=1S/C32H51N3O5/c1-9-39-20-23(14-21(2)3)15-28(36)25-16-26(19-34(18-25)31(38)40-32(6,7)8)30(37)35(27-11-12-27)29-13-10-24(17-33-29)22(4)5/h10,13,17,21-23,25-27H,9,11-12,14-16,18-20H2,1-8H3/t23-,25-,26+/m0/s1. The van der Waals surface area contributed by atoms with Crippen LogP contribution in [0, 0.1) is 23.7 Å². The number of ketones is 1. The molecule has 1 aromatic heterocycles. The van der Waals surface area contributed by atoms with Crippen LogP contribution in [0.5, 0.6) is 0 Å². The zero-order valence-corrected chi connectivity index (χ0v) is 25.9. The zero-order valence-electron chi connectivity index (χ0n) is 25.9. The number of Topliss-reactive ketones (excluding diaryl/α,β-unsaturated/α-hetero) is 1. The van der Waals surface area contributed by atoms with Crippen molar-refractivity contribution in [2.45, 2.75) is 105 Å². The summed E-state index contributed by atoms with van der Waals surface area (Å²) in [7, 11) is 0. The Morgan fingerprint density at radius 1 is 1.07 bits per heavy atom. The molecule has 8 nitrogen and oxygen atoms in total. The van der Waals surface area contributed by atoms with Gasteiger partial charge in [-0.1, -0.05) is 33.8 Å². The highest BCUT2D eigenvalue weighted by atomic mass is 16.6. The van der Waals surface area contributed by atoms with E-state index in [4.69, 9.17) is 9.47 Å². The molecule has 0 unspecified atom stereocenters. The van der Waals surface area contributed by atoms with E-state index < -0.39 is 23.5 Å². The van der Waals surface area contributed by atoms with E-state index in [0.717, 1.165) is 24.8 Å². The van der Waals surface area contributed by atoms with Crippen LogP contribution in [-0.2, 0) is 19.1 Å². The summed E-state index contributed by atoms with van der Waals surface area (Å²) in [6.45, 7) is 17.6. The van der Waals surface area contributed by atoms with Gasteiger partial charge < -0.3 is 14.4 Å². The fourth-order valence-electron chi connectivity index (χ4n) is 5.49. The van der Waals surface area contributed by atoms with Crippen LogP contribution in [0.1, 0.15) is 99.0 Å². The van der Waals surface area contributed by atoms with Crippen LogP contribution < -0.4 is 4.90 Å². The third-order valence-corrected chi connectivity index (χ3v) is 7.59. The van der Waals surface area contributed by atoms with Crippen molar-refractivity contribution in [2.75, 3.05) is 31.2 Å². The van der Waals surface area contributed by atoms with Crippen molar-refractivity contribution in [3.8, 4) is 0 Å². The molecule has 3 rings (SSSR count). The number of piperidine rings is 1. The Morgan fingerprint density at radius 3 is 2.27 bits per heavy atom. The number of amides is 2. The van der Waals surface area contributed by atoms with Crippen LogP contribution in [0.2, 0.25) is 0 Å². The van der Waals surface area contributed by atoms with Gasteiger partial charge in [-0.2, -0.15) is 0 Å². The molecule has 2 amide bonds. The molecule has 0 bridgehead atoms. The topological polar surface area (TPSA) is 89.0 Å². The maximum atomic E-state index is 14.1. The van der Waals surface area contributed by atoms with Gasteiger partial charge in [-0.15, -0.1) is 0 Å². The summed E-state index contributed by atoms with van der Waals surface area (Å²) >= 11 is 0. The molecular weight excluding hydrogens is 506 g/mol. The van der Waals surface area contributed by atoms with Gasteiger partial charge in [0, 0.05) is 50.9 Å². The number of pyridine rings is 1. The molecule has 2 aliphatic rings. The fraction of sp³-hybridized carbons (Fsp3) is 0.750. The molecule has 2 fully saturated rings. The minimum atomic E-state index is -0.671. The highest BCUT2D eigenvalue weighted by molar-refractivity contribution is 5.96. The van der Waals surface area contributed by atoms with E-state index in [0.29, 0.717) is 43.7 Å². The smallest absolute Gasteiger partial charge is 0.410 e. The van der Waals surface area contributed by atoms with Crippen LogP contribution >= 0.6 is 0 Å². The third-order valence-electron chi connectivity index (χ3n) is 7.59. The second-order valence-electron chi connectivity index (χ2n) is 13.4. The Bertz CT molecular complexity index is 997. The van der Waals surface area contributed by atoms with E-state index in [2.05, 4.69) is 32.7 Å². The highest BCUT2D eigenvalue weighted by Gasteiger charge is 2.43. The molecular formula is C32H51N3O5. The van der Waals surface area contributed by atoms with Crippen LogP contribution in [0.25, 0.3) is 0 Å². The Balaban J connectivity index is 1.84. The van der Waals surface area contributed by atoms with Gasteiger partial charge in [0.25, 0.3) is 0 Å². The molecule has 1 aliphatic carbocycles. The molecule has 40 heavy (non-hydrogen) atoms. The molecule has 1 saturated heterocycles. The number of ether oxygens (including phenoxy) is 2. The zero-order chi connectivity index (χ0) is 29.6. The first-order valence-corrected chi connectivity index (χ1v) is 15.2. The van der Waals surface area contributed by atoms with Crippen LogP contribution in [0.4, 0.5) is 10.6 Å². The minimum absolute atomic E-state index is 0.0635. The Labute approximate surface area is 241 Å². The molecule has 1 aromatic rings. The molecule has 224 valence electrons.